The summed E-state index contributed by atoms with van der Waals surface area (Å²) >= 11 is 0.493. The minimum atomic E-state index is -5.53. The lowest BCUT2D eigenvalue weighted by Crippen LogP contribution is -2.51. The fraction of sp³-hybridized carbons (Fsp3) is 0.692. The van der Waals surface area contributed by atoms with E-state index in [9.17, 15) is 47.7 Å². The van der Waals surface area contributed by atoms with Gasteiger partial charge in [-0.25, -0.2) is 63.1 Å². The van der Waals surface area contributed by atoms with E-state index in [0.29, 0.717) is 17.8 Å². The summed E-state index contributed by atoms with van der Waals surface area (Å²) in [5.41, 5.74) is 16.9. The molecule has 0 radical (unpaired) electrons. The molecule has 4 saturated heterocycles. The molecule has 0 saturated carbocycles. The summed E-state index contributed by atoms with van der Waals surface area (Å²) < 4.78 is 134. The molecule has 16 atom stereocenters. The van der Waals surface area contributed by atoms with Crippen molar-refractivity contribution in [3.05, 3.63) is 38.0 Å². The number of rotatable bonds is 38. The van der Waals surface area contributed by atoms with Crippen LogP contribution >= 0.6 is 41.6 Å². The molecule has 6 aromatic heterocycles. The highest BCUT2D eigenvalue weighted by Gasteiger charge is 2.62. The number of fused-ring (bicyclic) bond motifs is 4. The minimum absolute atomic E-state index is 0.0107. The minimum Gasteiger partial charge on any atom is -0.465 e. The van der Waals surface area contributed by atoms with Gasteiger partial charge in [-0.1, -0.05) is 71.1 Å². The molecule has 4 aliphatic heterocycles. The molecule has 6 aromatic rings. The zero-order valence-electron chi connectivity index (χ0n) is 52.2. The number of anilines is 3. The van der Waals surface area contributed by atoms with Gasteiger partial charge in [0.15, 0.2) is 53.1 Å². The number of nitrogens with two attached hydrogens (primary N) is 3. The molecule has 0 aliphatic carbocycles. The van der Waals surface area contributed by atoms with Crippen LogP contribution in [-0.2, 0) is 83.1 Å². The number of esters is 1. The van der Waals surface area contributed by atoms with E-state index in [4.69, 9.17) is 82.4 Å². The Kier molecular flexibility index (Phi) is 25.0. The normalized spacial score (nSPS) is 27.8. The van der Waals surface area contributed by atoms with E-state index in [1.54, 1.807) is 0 Å². The Morgan fingerprint density at radius 1 is 0.625 bits per heavy atom. The molecule has 10 rings (SSSR count). The van der Waals surface area contributed by atoms with Crippen molar-refractivity contribution in [3.8, 4) is 0 Å². The zero-order chi connectivity index (χ0) is 68.4. The number of nitrogen functional groups attached to an aromatic ring is 3. The Balaban J connectivity index is 0.828. The number of nitrogens with zero attached hydrogens (tertiary/aromatic N) is 12. The molecule has 44 heteroatoms. The molecule has 0 amide bonds. The number of aromatic nitrogens is 12. The first kappa shape index (κ1) is 73.8. The molecule has 4 fully saturated rings. The first-order valence-corrected chi connectivity index (χ1v) is 38.6. The third kappa shape index (κ3) is 17.8. The second kappa shape index (κ2) is 32.6. The average Bonchev–Trinajstić information content (AvgIpc) is 1.59. The van der Waals surface area contributed by atoms with Crippen LogP contribution in [0.3, 0.4) is 0 Å². The smallest absolute Gasteiger partial charge is 0.465 e. The van der Waals surface area contributed by atoms with Crippen molar-refractivity contribution in [1.29, 1.82) is 0 Å². The van der Waals surface area contributed by atoms with Gasteiger partial charge in [-0.05, 0) is 30.6 Å². The van der Waals surface area contributed by atoms with E-state index in [1.165, 1.54) is 72.0 Å². The fourth-order valence-electron chi connectivity index (χ4n) is 11.8. The van der Waals surface area contributed by atoms with Gasteiger partial charge < -0.3 is 75.4 Å². The molecule has 96 heavy (non-hydrogen) atoms. The van der Waals surface area contributed by atoms with Gasteiger partial charge in [0.2, 0.25) is 0 Å². The molecule has 0 spiro atoms. The molecule has 39 nitrogen and oxygen atoms in total. The summed E-state index contributed by atoms with van der Waals surface area (Å²) in [6, 6.07) is 0. The number of unbranched alkanes of at least 4 members (excludes halogenated alkanes) is 10. The van der Waals surface area contributed by atoms with Gasteiger partial charge >= 0.3 is 36.2 Å². The van der Waals surface area contributed by atoms with Crippen LogP contribution in [0.4, 0.5) is 17.5 Å². The van der Waals surface area contributed by atoms with Crippen LogP contribution in [0.15, 0.2) is 38.0 Å². The van der Waals surface area contributed by atoms with Crippen LogP contribution in [0.25, 0.3) is 33.5 Å². The predicted molar refractivity (Wildman–Crippen MR) is 335 cm³/mol. The maximum absolute atomic E-state index is 14.6. The summed E-state index contributed by atoms with van der Waals surface area (Å²) in [5, 5.41) is 21.2. The zero-order valence-corrected chi connectivity index (χ0v) is 56.6. The van der Waals surface area contributed by atoms with Crippen molar-refractivity contribution in [2.75, 3.05) is 76.3 Å². The first-order chi connectivity index (χ1) is 46.0. The highest BCUT2D eigenvalue weighted by Crippen LogP contribution is 2.62. The van der Waals surface area contributed by atoms with Crippen LogP contribution in [-0.4, -0.2) is 208 Å². The second-order valence-electron chi connectivity index (χ2n) is 22.9. The van der Waals surface area contributed by atoms with Crippen LogP contribution in [0.2, 0.25) is 0 Å². The van der Waals surface area contributed by atoms with E-state index in [2.05, 4.69) is 51.8 Å². The third-order valence-corrected chi connectivity index (χ3v) is 22.2. The van der Waals surface area contributed by atoms with E-state index in [-0.39, 0.29) is 89.2 Å². The number of phosphoric acid groups is 3. The van der Waals surface area contributed by atoms with E-state index in [1.807, 2.05) is 0 Å². The lowest BCUT2D eigenvalue weighted by molar-refractivity contribution is -0.165. The highest BCUT2D eigenvalue weighted by molar-refractivity contribution is 8.54. The molecule has 7 unspecified atom stereocenters. The summed E-state index contributed by atoms with van der Waals surface area (Å²) in [7, 11) is -14.6. The molecular formula is C52H79N15O24P4S. The Morgan fingerprint density at radius 2 is 1.14 bits per heavy atom. The number of phosphoric ester groups is 3. The van der Waals surface area contributed by atoms with Crippen molar-refractivity contribution in [2.45, 2.75) is 170 Å². The quantitative estimate of drug-likeness (QED) is 0.0147. The van der Waals surface area contributed by atoms with Crippen LogP contribution in [0, 0.1) is 0 Å². The number of aliphatic hydroxyl groups excluding tert-OH is 2. The van der Waals surface area contributed by atoms with Crippen molar-refractivity contribution < 1.29 is 113 Å². The monoisotopic (exact) mass is 1450 g/mol. The topological polar surface area (TPSA) is 536 Å². The number of hydrogen-bond donors (Lipinski definition) is 9. The number of carbonyl (C=O) groups excluding carboxylic acids is 1. The standard InChI is InChI=1S/C52H79N15O24P4S/c1-3-4-5-6-7-8-9-10-11-12-13-15-33(69)80-20-21-96-95(77,78)91-41-42-52(16-14-18-81-42,88-51(41)67-30-64-36-45(55)58-27-61-48(36)67)24-85-94(75,76)89-39-37(70)31(86-49(39)65-28-62-34-43(53)56-25-59-46(34)65)22-84-93(73,74)90-40-38(79-2)32(23-83-92(71,72)82-19-17-68)87-50(40)66-29-63-35-44(54)57-26-60-47(35)66/h25-32,37-42,49-51,68,70H,3-24H2,1-2H3,(H,71,72)(H,73,74)(H,75,76)(H,77,78)(H2,53,56,59)(H2,54,57,60)(H2,55,58,61)/t31-,32-,37?,38?,39+,40+,41+,42?,49-,50-,51-,52-/m1/s1. The third-order valence-electron chi connectivity index (χ3n) is 16.3. The molecular weight excluding hydrogens is 1370 g/mol. The van der Waals surface area contributed by atoms with Crippen molar-refractivity contribution in [1.82, 2.24) is 58.6 Å². The lowest BCUT2D eigenvalue weighted by Gasteiger charge is -2.38. The largest absolute Gasteiger partial charge is 0.472 e. The number of carbonyl (C=O) groups is 1. The maximum Gasteiger partial charge on any atom is 0.472 e. The van der Waals surface area contributed by atoms with Crippen LogP contribution < -0.4 is 17.2 Å². The van der Waals surface area contributed by atoms with Gasteiger partial charge in [0, 0.05) is 25.9 Å². The van der Waals surface area contributed by atoms with Gasteiger partial charge in [-0.3, -0.25) is 50.2 Å². The summed E-state index contributed by atoms with van der Waals surface area (Å²) in [4.78, 5) is 95.1. The van der Waals surface area contributed by atoms with E-state index >= 15 is 0 Å². The number of hydrogen-bond acceptors (Lipinski definition) is 33. The van der Waals surface area contributed by atoms with Gasteiger partial charge in [0.25, 0.3) is 0 Å². The maximum atomic E-state index is 14.6. The highest BCUT2D eigenvalue weighted by atomic mass is 32.7. The van der Waals surface area contributed by atoms with Crippen LogP contribution in [0.1, 0.15) is 115 Å². The molecule has 4 aliphatic rings. The number of imidazole rings is 3. The Bertz CT molecular complexity index is 3790. The van der Waals surface area contributed by atoms with Crippen molar-refractivity contribution in [2.24, 2.45) is 0 Å². The fourth-order valence-corrected chi connectivity index (χ4v) is 16.8. The molecule has 532 valence electrons. The SMILES string of the molecule is CCCCCCCCCCCCCC(=O)OCCSP(=O)(O)O[C@H]1C2OCCC[C@]2(COP(=O)(O)O[C@H]2C(O)[C@@H](COP(=O)(O)O[C@H]3C(OC)[C@@H](COP(=O)(O)OCCO)O[C@H]3n3cnc4c(N)ncnc43)O[C@H]2n2cnc3c(N)ncnc32)O[C@H]1n1cnc2c(N)ncnc21. The van der Waals surface area contributed by atoms with Gasteiger partial charge in [0.1, 0.15) is 96.6 Å². The van der Waals surface area contributed by atoms with Crippen molar-refractivity contribution >= 4 is 98.6 Å². The summed E-state index contributed by atoms with van der Waals surface area (Å²) in [6.45, 7) is -6.48. The van der Waals surface area contributed by atoms with Gasteiger partial charge in [0.05, 0.1) is 52.0 Å². The van der Waals surface area contributed by atoms with Crippen LogP contribution in [0.5, 0.6) is 0 Å². The summed E-state index contributed by atoms with van der Waals surface area (Å²) in [6.07, 6.45) is 2.02. The lowest BCUT2D eigenvalue weighted by atomic mass is 9.89. The average molecular weight is 1450 g/mol. The molecule has 0 aromatic carbocycles. The van der Waals surface area contributed by atoms with E-state index in [0.717, 1.165) is 51.0 Å². The van der Waals surface area contributed by atoms with Gasteiger partial charge in [-0.2, -0.15) is 0 Å². The number of methoxy groups -OCH3 is 1. The Hall–Kier alpha value is -4.93. The second-order valence-corrected chi connectivity index (χ2v) is 31.1. The van der Waals surface area contributed by atoms with Gasteiger partial charge in [-0.15, -0.1) is 0 Å². The predicted octanol–water partition coefficient (Wildman–Crippen LogP) is 4.46. The molecule has 12 N–H and O–H groups in total. The van der Waals surface area contributed by atoms with Crippen molar-refractivity contribution in [3.63, 3.8) is 0 Å². The number of aliphatic hydroxyl groups is 2. The first-order valence-electron chi connectivity index (χ1n) is 30.9. The Morgan fingerprint density at radius 3 is 1.71 bits per heavy atom. The Labute approximate surface area is 552 Å². The van der Waals surface area contributed by atoms with E-state index < -0.39 is 142 Å². The summed E-state index contributed by atoms with van der Waals surface area (Å²) in [5.74, 6) is -0.741. The number of ether oxygens (including phenoxy) is 6. The molecule has 0 bridgehead atoms. The molecule has 10 heterocycles.